The van der Waals surface area contributed by atoms with E-state index in [-0.39, 0.29) is 23.0 Å². The molecular weight excluding hydrogens is 590 g/mol. The first-order valence-corrected chi connectivity index (χ1v) is 16.4. The second-order valence-electron chi connectivity index (χ2n) is 9.95. The van der Waals surface area contributed by atoms with Crippen LogP contribution in [0.3, 0.4) is 0 Å². The van der Waals surface area contributed by atoms with E-state index in [4.69, 9.17) is 0 Å². The molecular formula is C30H35N5O6S2. The smallest absolute Gasteiger partial charge is 0.326 e. The minimum absolute atomic E-state index is 0.0169. The topological polar surface area (TPSA) is 158 Å². The molecule has 1 aliphatic heterocycles. The summed E-state index contributed by atoms with van der Waals surface area (Å²) in [5.41, 5.74) is 1.20. The van der Waals surface area contributed by atoms with Gasteiger partial charge in [-0.2, -0.15) is 4.31 Å². The van der Waals surface area contributed by atoms with Crippen molar-refractivity contribution in [2.24, 2.45) is 0 Å². The molecule has 4 rings (SSSR count). The number of aliphatic carboxylic acids is 1. The van der Waals surface area contributed by atoms with Crippen molar-refractivity contribution >= 4 is 51.1 Å². The zero-order valence-electron chi connectivity index (χ0n) is 23.7. The van der Waals surface area contributed by atoms with E-state index in [0.717, 1.165) is 5.82 Å². The maximum absolute atomic E-state index is 13.5. The number of anilines is 2. The van der Waals surface area contributed by atoms with Crippen LogP contribution in [0.25, 0.3) is 0 Å². The first-order valence-electron chi connectivity index (χ1n) is 14.0. The fourth-order valence-corrected chi connectivity index (χ4v) is 8.23. The van der Waals surface area contributed by atoms with Crippen LogP contribution in [0.2, 0.25) is 0 Å². The Balaban J connectivity index is 1.33. The highest BCUT2D eigenvalue weighted by atomic mass is 32.2. The third kappa shape index (κ3) is 8.55. The van der Waals surface area contributed by atoms with Gasteiger partial charge in [0, 0.05) is 37.0 Å². The number of rotatable bonds is 14. The summed E-state index contributed by atoms with van der Waals surface area (Å²) in [6.07, 6.45) is 3.09. The van der Waals surface area contributed by atoms with E-state index < -0.39 is 39.4 Å². The van der Waals surface area contributed by atoms with Gasteiger partial charge in [0.05, 0.1) is 10.3 Å². The third-order valence-corrected chi connectivity index (χ3v) is 10.4. The standard InChI is InChI=1S/C30H35N5O6S2/c1-2-28-35(43(40,41)23-9-4-3-5-10-23)25(20-42-28)29(37)34-24(30(38)39)19-21-13-15-22(16-14-21)33-27(36)12-8-18-32-26-11-6-7-17-31-26/h3-7,9-11,13-17,24-25,28H,2,8,12,18-20H2,1H3,(H,31,32)(H,33,36)(H,34,37)(H,38,39)/t24-,25-,28?/m0/s1. The lowest BCUT2D eigenvalue weighted by molar-refractivity contribution is -0.142. The van der Waals surface area contributed by atoms with Crippen LogP contribution in [0.5, 0.6) is 0 Å². The lowest BCUT2D eigenvalue weighted by Crippen LogP contribution is -2.53. The van der Waals surface area contributed by atoms with E-state index in [1.54, 1.807) is 48.7 Å². The normalized spacial score (nSPS) is 17.6. The van der Waals surface area contributed by atoms with E-state index in [1.807, 2.05) is 25.1 Å². The number of aromatic nitrogens is 1. The fraction of sp³-hybridized carbons (Fsp3) is 0.333. The fourth-order valence-electron chi connectivity index (χ4n) is 4.66. The molecule has 3 aromatic rings. The summed E-state index contributed by atoms with van der Waals surface area (Å²) >= 11 is 1.36. The molecule has 1 fully saturated rings. The number of carboxylic acids is 1. The first-order chi connectivity index (χ1) is 20.7. The highest BCUT2D eigenvalue weighted by Gasteiger charge is 2.46. The SMILES string of the molecule is CCC1SC[C@@H](C(=O)N[C@@H](Cc2ccc(NC(=O)CCCNc3ccccn3)cc2)C(=O)O)N1S(=O)(=O)c1ccccc1. The summed E-state index contributed by atoms with van der Waals surface area (Å²) < 4.78 is 28.1. The molecule has 1 unspecified atom stereocenters. The Hall–Kier alpha value is -3.94. The van der Waals surface area contributed by atoms with Gasteiger partial charge in [-0.15, -0.1) is 11.8 Å². The number of pyridine rings is 1. The summed E-state index contributed by atoms with van der Waals surface area (Å²) in [5.74, 6) is -1.08. The van der Waals surface area contributed by atoms with Gasteiger partial charge in [-0.05, 0) is 54.8 Å². The minimum atomic E-state index is -3.98. The van der Waals surface area contributed by atoms with Crippen molar-refractivity contribution < 1.29 is 27.9 Å². The lowest BCUT2D eigenvalue weighted by Gasteiger charge is -2.28. The van der Waals surface area contributed by atoms with Crippen LogP contribution in [0.1, 0.15) is 31.7 Å². The molecule has 4 N–H and O–H groups in total. The Morgan fingerprint density at radius 2 is 1.77 bits per heavy atom. The van der Waals surface area contributed by atoms with Crippen LogP contribution in [-0.2, 0) is 30.8 Å². The molecule has 11 nitrogen and oxygen atoms in total. The number of amides is 2. The first kappa shape index (κ1) is 32.0. The van der Waals surface area contributed by atoms with Gasteiger partial charge in [0.1, 0.15) is 17.9 Å². The Morgan fingerprint density at radius 1 is 1.05 bits per heavy atom. The van der Waals surface area contributed by atoms with Crippen molar-refractivity contribution in [2.75, 3.05) is 22.9 Å². The Labute approximate surface area is 255 Å². The molecule has 0 saturated carbocycles. The zero-order chi connectivity index (χ0) is 30.8. The van der Waals surface area contributed by atoms with Crippen molar-refractivity contribution in [3.8, 4) is 0 Å². The molecule has 2 aromatic carbocycles. The van der Waals surface area contributed by atoms with Gasteiger partial charge in [0.15, 0.2) is 0 Å². The van der Waals surface area contributed by atoms with E-state index in [2.05, 4.69) is 20.9 Å². The summed E-state index contributed by atoms with van der Waals surface area (Å²) in [6.45, 7) is 2.44. The second kappa shape index (κ2) is 15.0. The third-order valence-electron chi connectivity index (χ3n) is 6.85. The van der Waals surface area contributed by atoms with Crippen LogP contribution in [0.4, 0.5) is 11.5 Å². The van der Waals surface area contributed by atoms with E-state index in [0.29, 0.717) is 37.1 Å². The van der Waals surface area contributed by atoms with Gasteiger partial charge in [-0.3, -0.25) is 9.59 Å². The number of thioether (sulfide) groups is 1. The van der Waals surface area contributed by atoms with Crippen LogP contribution < -0.4 is 16.0 Å². The highest BCUT2D eigenvalue weighted by Crippen LogP contribution is 2.36. The summed E-state index contributed by atoms with van der Waals surface area (Å²) in [7, 11) is -3.98. The molecule has 2 amide bonds. The predicted molar refractivity (Wildman–Crippen MR) is 166 cm³/mol. The maximum Gasteiger partial charge on any atom is 0.326 e. The van der Waals surface area contributed by atoms with Gasteiger partial charge < -0.3 is 21.1 Å². The second-order valence-corrected chi connectivity index (χ2v) is 13.0. The maximum atomic E-state index is 13.5. The Morgan fingerprint density at radius 3 is 2.42 bits per heavy atom. The number of nitrogens with zero attached hydrogens (tertiary/aromatic N) is 2. The molecule has 1 aromatic heterocycles. The molecule has 43 heavy (non-hydrogen) atoms. The average molecular weight is 626 g/mol. The molecule has 0 spiro atoms. The van der Waals surface area contributed by atoms with Crippen molar-refractivity contribution in [1.82, 2.24) is 14.6 Å². The summed E-state index contributed by atoms with van der Waals surface area (Å²) in [4.78, 5) is 42.0. The van der Waals surface area contributed by atoms with Gasteiger partial charge in [0.25, 0.3) is 0 Å². The molecule has 1 saturated heterocycles. The van der Waals surface area contributed by atoms with Crippen LogP contribution in [0, 0.1) is 0 Å². The molecule has 0 bridgehead atoms. The quantitative estimate of drug-likeness (QED) is 0.197. The molecule has 0 aliphatic carbocycles. The number of nitrogens with one attached hydrogen (secondary N) is 3. The largest absolute Gasteiger partial charge is 0.480 e. The van der Waals surface area contributed by atoms with Crippen LogP contribution in [-0.4, -0.2) is 70.4 Å². The molecule has 0 radical (unpaired) electrons. The number of sulfonamides is 1. The monoisotopic (exact) mass is 625 g/mol. The summed E-state index contributed by atoms with van der Waals surface area (Å²) in [6, 6.07) is 17.9. The van der Waals surface area contributed by atoms with Crippen molar-refractivity contribution in [1.29, 1.82) is 0 Å². The molecule has 2 heterocycles. The number of hydrogen-bond donors (Lipinski definition) is 4. The predicted octanol–water partition coefficient (Wildman–Crippen LogP) is 3.57. The molecule has 1 aliphatic rings. The van der Waals surface area contributed by atoms with Crippen molar-refractivity contribution in [2.45, 2.75) is 55.0 Å². The van der Waals surface area contributed by atoms with Gasteiger partial charge in [-0.25, -0.2) is 18.2 Å². The summed E-state index contributed by atoms with van der Waals surface area (Å²) in [5, 5.41) is 17.9. The van der Waals surface area contributed by atoms with Crippen LogP contribution in [0.15, 0.2) is 83.9 Å². The van der Waals surface area contributed by atoms with Gasteiger partial charge >= 0.3 is 5.97 Å². The molecule has 3 atom stereocenters. The van der Waals surface area contributed by atoms with Crippen molar-refractivity contribution in [3.05, 3.63) is 84.6 Å². The zero-order valence-corrected chi connectivity index (χ0v) is 25.3. The Bertz CT molecular complexity index is 1490. The van der Waals surface area contributed by atoms with E-state index in [9.17, 15) is 27.9 Å². The number of carboxylic acid groups (broad SMARTS) is 1. The molecule has 13 heteroatoms. The number of carbonyl (C=O) groups excluding carboxylic acids is 2. The Kier molecular flexibility index (Phi) is 11.1. The van der Waals surface area contributed by atoms with Crippen molar-refractivity contribution in [3.63, 3.8) is 0 Å². The average Bonchev–Trinajstić information content (AvgIpc) is 3.46. The van der Waals surface area contributed by atoms with E-state index in [1.165, 1.54) is 28.2 Å². The minimum Gasteiger partial charge on any atom is -0.480 e. The van der Waals surface area contributed by atoms with Gasteiger partial charge in [0.2, 0.25) is 21.8 Å². The highest BCUT2D eigenvalue weighted by molar-refractivity contribution is 8.01. The lowest BCUT2D eigenvalue weighted by atomic mass is 10.0. The molecule has 228 valence electrons. The van der Waals surface area contributed by atoms with E-state index >= 15 is 0 Å². The van der Waals surface area contributed by atoms with Gasteiger partial charge in [-0.1, -0.05) is 43.3 Å². The number of benzene rings is 2. The van der Waals surface area contributed by atoms with Crippen LogP contribution >= 0.6 is 11.8 Å². The number of hydrogen-bond acceptors (Lipinski definition) is 8. The number of carbonyl (C=O) groups is 3.